The lowest BCUT2D eigenvalue weighted by Gasteiger charge is -2.07. The number of carbonyl (C=O) groups is 1. The number of nitrogens with one attached hydrogen (secondary N) is 1. The minimum atomic E-state index is -0.176. The third kappa shape index (κ3) is 2.62. The summed E-state index contributed by atoms with van der Waals surface area (Å²) in [4.78, 5) is 11.2. The lowest BCUT2D eigenvalue weighted by atomic mass is 10.3. The first-order valence-corrected chi connectivity index (χ1v) is 4.25. The Morgan fingerprint density at radius 2 is 2.43 bits per heavy atom. The molecule has 73 valence electrons. The smallest absolute Gasteiger partial charge is 0.248 e. The van der Waals surface area contributed by atoms with Crippen LogP contribution in [0.25, 0.3) is 0 Å². The number of benzene rings is 1. The van der Waals surface area contributed by atoms with Gasteiger partial charge in [-0.3, -0.25) is 4.79 Å². The molecule has 0 fully saturated rings. The van der Waals surface area contributed by atoms with Crippen LogP contribution in [0, 0.1) is 6.07 Å². The highest BCUT2D eigenvalue weighted by molar-refractivity contribution is 6.00. The van der Waals surface area contributed by atoms with E-state index in [2.05, 4.69) is 11.4 Å². The monoisotopic (exact) mass is 190 g/mol. The molecule has 3 nitrogen and oxygen atoms in total. The summed E-state index contributed by atoms with van der Waals surface area (Å²) < 4.78 is 5.07. The molecule has 1 aromatic rings. The van der Waals surface area contributed by atoms with Crippen LogP contribution in [0.3, 0.4) is 0 Å². The van der Waals surface area contributed by atoms with Crippen LogP contribution in [-0.2, 0) is 4.79 Å². The van der Waals surface area contributed by atoms with Crippen molar-refractivity contribution in [3.05, 3.63) is 36.4 Å². The first-order valence-electron chi connectivity index (χ1n) is 4.25. The summed E-state index contributed by atoms with van der Waals surface area (Å²) >= 11 is 0. The van der Waals surface area contributed by atoms with E-state index in [-0.39, 0.29) is 5.91 Å². The summed E-state index contributed by atoms with van der Waals surface area (Å²) in [6.45, 7) is 1.79. The van der Waals surface area contributed by atoms with Crippen LogP contribution < -0.4 is 10.1 Å². The molecule has 1 rings (SSSR count). The molecule has 3 heteroatoms. The fourth-order valence-corrected chi connectivity index (χ4v) is 1.02. The second-order valence-electron chi connectivity index (χ2n) is 2.62. The molecule has 1 aromatic carbocycles. The maximum Gasteiger partial charge on any atom is 0.248 e. The first kappa shape index (κ1) is 10.3. The average Bonchev–Trinajstić information content (AvgIpc) is 2.19. The van der Waals surface area contributed by atoms with Crippen molar-refractivity contribution in [1.29, 1.82) is 0 Å². The van der Waals surface area contributed by atoms with E-state index in [1.165, 1.54) is 6.08 Å². The third-order valence-corrected chi connectivity index (χ3v) is 1.62. The van der Waals surface area contributed by atoms with E-state index >= 15 is 0 Å². The SMILES string of the molecule is CC=CC(=O)Nc1c[c]ccc1OC. The van der Waals surface area contributed by atoms with Crippen LogP contribution in [0.2, 0.25) is 0 Å². The van der Waals surface area contributed by atoms with Gasteiger partial charge in [-0.25, -0.2) is 0 Å². The number of ether oxygens (including phenoxy) is 1. The molecule has 0 aromatic heterocycles. The van der Waals surface area contributed by atoms with Crippen molar-refractivity contribution in [2.24, 2.45) is 0 Å². The van der Waals surface area contributed by atoms with Gasteiger partial charge in [0.05, 0.1) is 12.8 Å². The van der Waals surface area contributed by atoms with E-state index in [4.69, 9.17) is 4.74 Å². The number of amides is 1. The van der Waals surface area contributed by atoms with E-state index in [1.807, 2.05) is 0 Å². The zero-order chi connectivity index (χ0) is 10.4. The average molecular weight is 190 g/mol. The molecule has 0 atom stereocenters. The molecular weight excluding hydrogens is 178 g/mol. The third-order valence-electron chi connectivity index (χ3n) is 1.62. The van der Waals surface area contributed by atoms with Crippen molar-refractivity contribution in [2.75, 3.05) is 12.4 Å². The molecular formula is C11H12NO2. The van der Waals surface area contributed by atoms with E-state index in [0.29, 0.717) is 11.4 Å². The molecule has 0 unspecified atom stereocenters. The highest BCUT2D eigenvalue weighted by Crippen LogP contribution is 2.22. The van der Waals surface area contributed by atoms with Crippen molar-refractivity contribution in [3.63, 3.8) is 0 Å². The number of carbonyl (C=O) groups excluding carboxylic acids is 1. The highest BCUT2D eigenvalue weighted by atomic mass is 16.5. The second kappa shape index (κ2) is 5.07. The molecule has 1 N–H and O–H groups in total. The van der Waals surface area contributed by atoms with E-state index in [1.54, 1.807) is 38.3 Å². The molecule has 1 amide bonds. The summed E-state index contributed by atoms with van der Waals surface area (Å²) in [5.74, 6) is 0.451. The van der Waals surface area contributed by atoms with Crippen LogP contribution in [0.5, 0.6) is 5.75 Å². The Kier molecular flexibility index (Phi) is 3.73. The molecule has 1 radical (unpaired) electrons. The second-order valence-corrected chi connectivity index (χ2v) is 2.62. The number of allylic oxidation sites excluding steroid dienone is 1. The highest BCUT2D eigenvalue weighted by Gasteiger charge is 2.02. The number of hydrogen-bond acceptors (Lipinski definition) is 2. The Morgan fingerprint density at radius 3 is 3.07 bits per heavy atom. The fourth-order valence-electron chi connectivity index (χ4n) is 1.02. The predicted octanol–water partition coefficient (Wildman–Crippen LogP) is 2.01. The molecule has 0 saturated carbocycles. The molecule has 0 heterocycles. The lowest BCUT2D eigenvalue weighted by molar-refractivity contribution is -0.111. The quantitative estimate of drug-likeness (QED) is 0.740. The van der Waals surface area contributed by atoms with Gasteiger partial charge >= 0.3 is 0 Å². The van der Waals surface area contributed by atoms with Gasteiger partial charge < -0.3 is 10.1 Å². The number of methoxy groups -OCH3 is 1. The van der Waals surface area contributed by atoms with Crippen LogP contribution in [0.1, 0.15) is 6.92 Å². The molecule has 0 aliphatic carbocycles. The minimum absolute atomic E-state index is 0.176. The van der Waals surface area contributed by atoms with Crippen molar-refractivity contribution >= 4 is 11.6 Å². The van der Waals surface area contributed by atoms with E-state index in [0.717, 1.165) is 0 Å². The molecule has 0 spiro atoms. The molecule has 0 aliphatic rings. The van der Waals surface area contributed by atoms with E-state index < -0.39 is 0 Å². The van der Waals surface area contributed by atoms with Crippen LogP contribution in [-0.4, -0.2) is 13.0 Å². The van der Waals surface area contributed by atoms with Crippen LogP contribution >= 0.6 is 0 Å². The van der Waals surface area contributed by atoms with Gasteiger partial charge in [-0.1, -0.05) is 12.1 Å². The summed E-state index contributed by atoms with van der Waals surface area (Å²) in [7, 11) is 1.56. The number of rotatable bonds is 3. The lowest BCUT2D eigenvalue weighted by Crippen LogP contribution is -2.08. The van der Waals surface area contributed by atoms with Gasteiger partial charge in [-0.2, -0.15) is 0 Å². The van der Waals surface area contributed by atoms with Gasteiger partial charge in [0.1, 0.15) is 5.75 Å². The van der Waals surface area contributed by atoms with E-state index in [9.17, 15) is 4.79 Å². The van der Waals surface area contributed by atoms with Crippen molar-refractivity contribution in [1.82, 2.24) is 0 Å². The van der Waals surface area contributed by atoms with Crippen molar-refractivity contribution in [3.8, 4) is 5.75 Å². The molecule has 0 saturated heterocycles. The topological polar surface area (TPSA) is 38.3 Å². The number of hydrogen-bond donors (Lipinski definition) is 1. The van der Waals surface area contributed by atoms with Gasteiger partial charge in [0, 0.05) is 0 Å². The van der Waals surface area contributed by atoms with Gasteiger partial charge in [-0.15, -0.1) is 0 Å². The molecule has 0 aliphatic heterocycles. The fraction of sp³-hybridized carbons (Fsp3) is 0.182. The Balaban J connectivity index is 2.80. The molecule has 14 heavy (non-hydrogen) atoms. The normalized spacial score (nSPS) is 10.1. The predicted molar refractivity (Wildman–Crippen MR) is 55.3 cm³/mol. The summed E-state index contributed by atoms with van der Waals surface area (Å²) in [5, 5.41) is 2.68. The summed E-state index contributed by atoms with van der Waals surface area (Å²) in [6, 6.07) is 8.00. The maximum absolute atomic E-state index is 11.2. The Hall–Kier alpha value is -1.77. The Morgan fingerprint density at radius 1 is 1.64 bits per heavy atom. The number of anilines is 1. The first-order chi connectivity index (χ1) is 6.77. The van der Waals surface area contributed by atoms with Gasteiger partial charge in [0.15, 0.2) is 0 Å². The van der Waals surface area contributed by atoms with Crippen LogP contribution in [0.15, 0.2) is 30.4 Å². The van der Waals surface area contributed by atoms with Crippen molar-refractivity contribution < 1.29 is 9.53 Å². The summed E-state index contributed by atoms with van der Waals surface area (Å²) in [6.07, 6.45) is 3.13. The van der Waals surface area contributed by atoms with Crippen molar-refractivity contribution in [2.45, 2.75) is 6.92 Å². The Labute approximate surface area is 83.4 Å². The zero-order valence-electron chi connectivity index (χ0n) is 8.20. The van der Waals surface area contributed by atoms with Gasteiger partial charge in [-0.05, 0) is 31.2 Å². The maximum atomic E-state index is 11.2. The zero-order valence-corrected chi connectivity index (χ0v) is 8.20. The standard InChI is InChI=1S/C11H12NO2/c1-3-6-11(13)12-9-7-4-5-8-10(9)14-2/h3,5-8H,1-2H3,(H,12,13). The van der Waals surface area contributed by atoms with Gasteiger partial charge in [0.25, 0.3) is 0 Å². The minimum Gasteiger partial charge on any atom is -0.495 e. The summed E-state index contributed by atoms with van der Waals surface area (Å²) in [5.41, 5.74) is 0.623. The molecule has 0 bridgehead atoms. The van der Waals surface area contributed by atoms with Gasteiger partial charge in [0.2, 0.25) is 5.91 Å². The Bertz CT molecular complexity index is 345. The van der Waals surface area contributed by atoms with Crippen LogP contribution in [0.4, 0.5) is 5.69 Å². The largest absolute Gasteiger partial charge is 0.495 e.